The molecule has 0 fully saturated rings. The van der Waals surface area contributed by atoms with E-state index in [-0.39, 0.29) is 11.8 Å². The highest BCUT2D eigenvalue weighted by Gasteiger charge is 2.20. The molecule has 0 aliphatic rings. The van der Waals surface area contributed by atoms with Crippen molar-refractivity contribution >= 4 is 0 Å². The smallest absolute Gasteiger partial charge is 0.213 e. The molecule has 0 saturated carbocycles. The van der Waals surface area contributed by atoms with E-state index in [1.807, 2.05) is 167 Å². The Labute approximate surface area is 378 Å². The van der Waals surface area contributed by atoms with Crippen molar-refractivity contribution in [3.63, 3.8) is 0 Å². The van der Waals surface area contributed by atoms with E-state index in [4.69, 9.17) is 28.4 Å². The average molecular weight is 865 g/mol. The number of rotatable bonds is 16. The normalized spacial score (nSPS) is 10.6. The van der Waals surface area contributed by atoms with Crippen molar-refractivity contribution in [2.75, 3.05) is 41.7 Å². The molecule has 11 heteroatoms. The first-order valence-corrected chi connectivity index (χ1v) is 22.1. The van der Waals surface area contributed by atoms with Crippen molar-refractivity contribution in [3.05, 3.63) is 161 Å². The van der Waals surface area contributed by atoms with Crippen LogP contribution in [0.4, 0.5) is 0 Å². The minimum absolute atomic E-state index is 0.0329. The van der Waals surface area contributed by atoms with E-state index in [1.54, 1.807) is 28.4 Å². The fourth-order valence-corrected chi connectivity index (χ4v) is 6.23. The lowest BCUT2D eigenvalue weighted by molar-refractivity contribution is -0.605. The zero-order chi connectivity index (χ0) is 47.0. The minimum atomic E-state index is 0.0329. The Morgan fingerprint density at radius 3 is 1.17 bits per heavy atom. The molecule has 0 N–H and O–H groups in total. The highest BCUT2D eigenvalue weighted by Crippen LogP contribution is 2.37. The second kappa shape index (κ2) is 32.4. The zero-order valence-electron chi connectivity index (χ0n) is 40.2. The van der Waals surface area contributed by atoms with E-state index >= 15 is 0 Å². The Hall–Kier alpha value is -6.36. The SMILES string of the molecule is CC.CC.CC.CC.CCOc1ccc(C(Cc2cc[n+]([O-])cc2)c2ccc(OC)c(OC)c2)cn1.CCOc1ccc(C(Cc2ccncc2)c2ccc(OC)c(OC)c2)cn1. The lowest BCUT2D eigenvalue weighted by Crippen LogP contribution is -2.24. The van der Waals surface area contributed by atoms with E-state index in [0.29, 0.717) is 54.4 Å². The van der Waals surface area contributed by atoms with Crippen LogP contribution in [0.3, 0.4) is 0 Å². The topological polar surface area (TPSA) is 121 Å². The molecule has 6 aromatic rings. The second-order valence-electron chi connectivity index (χ2n) is 12.4. The van der Waals surface area contributed by atoms with Crippen molar-refractivity contribution in [3.8, 4) is 34.8 Å². The van der Waals surface area contributed by atoms with Gasteiger partial charge in [-0.3, -0.25) is 4.98 Å². The summed E-state index contributed by atoms with van der Waals surface area (Å²) in [6, 6.07) is 27.6. The first-order valence-electron chi connectivity index (χ1n) is 22.1. The molecule has 0 saturated heterocycles. The summed E-state index contributed by atoms with van der Waals surface area (Å²) >= 11 is 0. The standard InChI is InChI=1S/C22H24N2O4.C22H24N2O3.4C2H6/c1-4-28-22-8-6-18(15-23-22)19(13-16-9-11-24(25)12-10-16)17-5-7-20(26-2)21(14-17)27-3;1-4-27-22-8-6-18(15-24-22)19(13-16-9-11-23-12-10-16)17-5-7-20(25-2)21(14-17)26-3;4*1-2/h5-12,14-15,19H,4,13H2,1-3H3;5-12,14-15,19H,4,13H2,1-3H3;4*1-2H3. The Balaban J connectivity index is 0.000000544. The molecule has 6 rings (SSSR count). The Morgan fingerprint density at radius 2 is 0.841 bits per heavy atom. The third-order valence-corrected chi connectivity index (χ3v) is 9.03. The molecule has 2 unspecified atom stereocenters. The van der Waals surface area contributed by atoms with Crippen LogP contribution in [0.1, 0.15) is 114 Å². The second-order valence-corrected chi connectivity index (χ2v) is 12.4. The Kier molecular flexibility index (Phi) is 28.1. The summed E-state index contributed by atoms with van der Waals surface area (Å²) in [4.78, 5) is 13.0. The molecule has 342 valence electrons. The van der Waals surface area contributed by atoms with Gasteiger partial charge in [-0.15, -0.1) is 0 Å². The summed E-state index contributed by atoms with van der Waals surface area (Å²) < 4.78 is 33.4. The highest BCUT2D eigenvalue weighted by atomic mass is 16.5. The maximum absolute atomic E-state index is 11.4. The predicted molar refractivity (Wildman–Crippen MR) is 256 cm³/mol. The van der Waals surface area contributed by atoms with Crippen molar-refractivity contribution < 1.29 is 33.2 Å². The van der Waals surface area contributed by atoms with Gasteiger partial charge in [0.1, 0.15) is 0 Å². The first-order chi connectivity index (χ1) is 30.9. The summed E-state index contributed by atoms with van der Waals surface area (Å²) in [5, 5.41) is 11.4. The van der Waals surface area contributed by atoms with Crippen LogP contribution in [0.2, 0.25) is 0 Å². The van der Waals surface area contributed by atoms with Crippen molar-refractivity contribution in [2.45, 2.75) is 93.9 Å². The molecule has 2 atom stereocenters. The molecule has 63 heavy (non-hydrogen) atoms. The van der Waals surface area contributed by atoms with Gasteiger partial charge in [-0.2, -0.15) is 4.73 Å². The zero-order valence-corrected chi connectivity index (χ0v) is 40.2. The summed E-state index contributed by atoms with van der Waals surface area (Å²) in [6.45, 7) is 21.1. The molecule has 11 nitrogen and oxygen atoms in total. The lowest BCUT2D eigenvalue weighted by Gasteiger charge is -2.20. The number of methoxy groups -OCH3 is 4. The van der Waals surface area contributed by atoms with Gasteiger partial charge >= 0.3 is 0 Å². The summed E-state index contributed by atoms with van der Waals surface area (Å²) in [5.74, 6) is 4.18. The number of pyridine rings is 4. The number of aromatic nitrogens is 4. The molecule has 0 spiro atoms. The number of benzene rings is 2. The third-order valence-electron chi connectivity index (χ3n) is 9.03. The minimum Gasteiger partial charge on any atom is -0.619 e. The van der Waals surface area contributed by atoms with Crippen LogP contribution in [-0.2, 0) is 12.8 Å². The highest BCUT2D eigenvalue weighted by molar-refractivity contribution is 5.48. The van der Waals surface area contributed by atoms with Gasteiger partial charge in [0, 0.05) is 60.9 Å². The summed E-state index contributed by atoms with van der Waals surface area (Å²) in [5.41, 5.74) is 6.63. The van der Waals surface area contributed by atoms with Crippen LogP contribution in [-0.4, -0.2) is 56.6 Å². The van der Waals surface area contributed by atoms with Gasteiger partial charge in [0.05, 0.1) is 41.7 Å². The van der Waals surface area contributed by atoms with Crippen LogP contribution in [0, 0.1) is 5.21 Å². The first kappa shape index (κ1) is 54.7. The molecule has 0 aliphatic carbocycles. The largest absolute Gasteiger partial charge is 0.619 e. The molecule has 2 aromatic carbocycles. The lowest BCUT2D eigenvalue weighted by atomic mass is 9.87. The van der Waals surface area contributed by atoms with E-state index in [2.05, 4.69) is 27.1 Å². The molecule has 0 radical (unpaired) electrons. The van der Waals surface area contributed by atoms with Gasteiger partial charge in [-0.1, -0.05) is 79.7 Å². The van der Waals surface area contributed by atoms with Crippen molar-refractivity contribution in [2.24, 2.45) is 0 Å². The van der Waals surface area contributed by atoms with Crippen LogP contribution in [0.5, 0.6) is 34.8 Å². The van der Waals surface area contributed by atoms with Gasteiger partial charge in [-0.05, 0) is 96.5 Å². The van der Waals surface area contributed by atoms with Gasteiger partial charge in [0.15, 0.2) is 35.4 Å². The number of nitrogens with zero attached hydrogens (tertiary/aromatic N) is 4. The molecule has 0 amide bonds. The van der Waals surface area contributed by atoms with E-state index in [9.17, 15) is 5.21 Å². The van der Waals surface area contributed by atoms with Gasteiger partial charge in [0.2, 0.25) is 11.8 Å². The number of hydrogen-bond donors (Lipinski definition) is 0. The van der Waals surface area contributed by atoms with Crippen LogP contribution in [0.25, 0.3) is 0 Å². The van der Waals surface area contributed by atoms with Gasteiger partial charge in [0.25, 0.3) is 0 Å². The predicted octanol–water partition coefficient (Wildman–Crippen LogP) is 11.9. The van der Waals surface area contributed by atoms with E-state index < -0.39 is 0 Å². The van der Waals surface area contributed by atoms with Crippen molar-refractivity contribution in [1.82, 2.24) is 15.0 Å². The summed E-state index contributed by atoms with van der Waals surface area (Å²) in [7, 11) is 6.53. The molecule has 4 heterocycles. The van der Waals surface area contributed by atoms with E-state index in [0.717, 1.165) is 39.0 Å². The monoisotopic (exact) mass is 865 g/mol. The summed E-state index contributed by atoms with van der Waals surface area (Å²) in [6.07, 6.45) is 11.9. The van der Waals surface area contributed by atoms with Gasteiger partial charge < -0.3 is 33.6 Å². The molecule has 0 aliphatic heterocycles. The van der Waals surface area contributed by atoms with Crippen molar-refractivity contribution in [1.29, 1.82) is 0 Å². The molecular formula is C52H72N4O7. The Morgan fingerprint density at radius 1 is 0.476 bits per heavy atom. The Bertz CT molecular complexity index is 2050. The van der Waals surface area contributed by atoms with E-state index in [1.165, 1.54) is 18.0 Å². The molecule has 0 bridgehead atoms. The number of hydrogen-bond acceptors (Lipinski definition) is 10. The third kappa shape index (κ3) is 17.5. The average Bonchev–Trinajstić information content (AvgIpc) is 3.36. The fraction of sp³-hybridized carbons (Fsp3) is 0.385. The van der Waals surface area contributed by atoms with Gasteiger partial charge in [-0.25, -0.2) is 9.97 Å². The molecular weight excluding hydrogens is 793 g/mol. The molecule has 4 aromatic heterocycles. The quantitative estimate of drug-likeness (QED) is 0.0686. The maximum Gasteiger partial charge on any atom is 0.213 e. The van der Waals surface area contributed by atoms with Crippen LogP contribution < -0.4 is 33.2 Å². The fourth-order valence-electron chi connectivity index (χ4n) is 6.23. The van der Waals surface area contributed by atoms with Crippen LogP contribution in [0.15, 0.2) is 122 Å². The van der Waals surface area contributed by atoms with Crippen LogP contribution >= 0.6 is 0 Å². The number of ether oxygens (including phenoxy) is 6. The maximum atomic E-state index is 11.4.